The Kier molecular flexibility index (Phi) is 5.49. The van der Waals surface area contributed by atoms with Crippen LogP contribution in [0.1, 0.15) is 16.7 Å². The van der Waals surface area contributed by atoms with Crippen molar-refractivity contribution in [3.63, 3.8) is 0 Å². The van der Waals surface area contributed by atoms with Crippen LogP contribution in [0.2, 0.25) is 0 Å². The van der Waals surface area contributed by atoms with Crippen molar-refractivity contribution in [1.29, 1.82) is 5.26 Å². The molecular formula is C16H13BrClNO2. The summed E-state index contributed by atoms with van der Waals surface area (Å²) in [5, 5.41) is 8.98. The van der Waals surface area contributed by atoms with E-state index in [4.69, 9.17) is 26.3 Å². The molecule has 21 heavy (non-hydrogen) atoms. The third kappa shape index (κ3) is 3.69. The summed E-state index contributed by atoms with van der Waals surface area (Å²) in [4.78, 5) is 0. The fraction of sp³-hybridized carbons (Fsp3) is 0.188. The zero-order chi connectivity index (χ0) is 15.2. The second kappa shape index (κ2) is 7.35. The van der Waals surface area contributed by atoms with Crippen molar-refractivity contribution in [1.82, 2.24) is 0 Å². The van der Waals surface area contributed by atoms with Crippen molar-refractivity contribution in [3.05, 3.63) is 57.6 Å². The standard InChI is InChI=1S/C16H13BrClNO2/c1-20-15-6-5-11(9-19)7-13(15)10-21-16-12(8-18)3-2-4-14(16)17/h2-7H,8,10H2,1H3. The van der Waals surface area contributed by atoms with Gasteiger partial charge in [-0.1, -0.05) is 12.1 Å². The highest BCUT2D eigenvalue weighted by atomic mass is 79.9. The molecule has 0 spiro atoms. The van der Waals surface area contributed by atoms with E-state index in [0.717, 1.165) is 15.6 Å². The molecule has 3 nitrogen and oxygen atoms in total. The highest BCUT2D eigenvalue weighted by Crippen LogP contribution is 2.32. The molecule has 0 N–H and O–H groups in total. The summed E-state index contributed by atoms with van der Waals surface area (Å²) in [6, 6.07) is 13.1. The summed E-state index contributed by atoms with van der Waals surface area (Å²) in [6.45, 7) is 0.297. The van der Waals surface area contributed by atoms with Gasteiger partial charge in [0.25, 0.3) is 0 Å². The summed E-state index contributed by atoms with van der Waals surface area (Å²) in [5.74, 6) is 1.76. The number of rotatable bonds is 5. The molecule has 0 saturated carbocycles. The van der Waals surface area contributed by atoms with E-state index in [1.54, 1.807) is 25.3 Å². The van der Waals surface area contributed by atoms with Gasteiger partial charge in [-0.2, -0.15) is 5.26 Å². The summed E-state index contributed by atoms with van der Waals surface area (Å²) in [5.41, 5.74) is 2.29. The third-order valence-corrected chi connectivity index (χ3v) is 3.89. The van der Waals surface area contributed by atoms with Crippen LogP contribution in [0.4, 0.5) is 0 Å². The average Bonchev–Trinajstić information content (AvgIpc) is 2.53. The molecule has 0 radical (unpaired) electrons. The smallest absolute Gasteiger partial charge is 0.138 e. The largest absolute Gasteiger partial charge is 0.496 e. The van der Waals surface area contributed by atoms with E-state index in [9.17, 15) is 0 Å². The molecule has 0 bridgehead atoms. The van der Waals surface area contributed by atoms with Crippen LogP contribution in [0.15, 0.2) is 40.9 Å². The molecule has 0 aromatic heterocycles. The number of alkyl halides is 1. The first kappa shape index (κ1) is 15.7. The van der Waals surface area contributed by atoms with Crippen LogP contribution in [0.5, 0.6) is 11.5 Å². The maximum atomic E-state index is 8.98. The predicted molar refractivity (Wildman–Crippen MR) is 85.7 cm³/mol. The minimum Gasteiger partial charge on any atom is -0.496 e. The molecule has 0 unspecified atom stereocenters. The first-order chi connectivity index (χ1) is 10.2. The van der Waals surface area contributed by atoms with Gasteiger partial charge in [-0.05, 0) is 40.2 Å². The molecule has 2 aromatic carbocycles. The van der Waals surface area contributed by atoms with Crippen molar-refractivity contribution in [2.24, 2.45) is 0 Å². The van der Waals surface area contributed by atoms with Crippen molar-refractivity contribution >= 4 is 27.5 Å². The first-order valence-electron chi connectivity index (χ1n) is 6.22. The Labute approximate surface area is 137 Å². The lowest BCUT2D eigenvalue weighted by molar-refractivity contribution is 0.293. The molecular weight excluding hydrogens is 354 g/mol. The maximum Gasteiger partial charge on any atom is 0.138 e. The second-order valence-corrected chi connectivity index (χ2v) is 5.41. The Morgan fingerprint density at radius 2 is 2.05 bits per heavy atom. The van der Waals surface area contributed by atoms with E-state index < -0.39 is 0 Å². The van der Waals surface area contributed by atoms with Crippen molar-refractivity contribution in [2.45, 2.75) is 12.5 Å². The third-order valence-electron chi connectivity index (χ3n) is 2.97. The fourth-order valence-corrected chi connectivity index (χ4v) is 2.66. The Hall–Kier alpha value is -1.70. The highest BCUT2D eigenvalue weighted by molar-refractivity contribution is 9.10. The number of halogens is 2. The number of nitriles is 1. The van der Waals surface area contributed by atoms with Crippen LogP contribution in [-0.2, 0) is 12.5 Å². The number of benzene rings is 2. The molecule has 0 fully saturated rings. The van der Waals surface area contributed by atoms with Gasteiger partial charge in [-0.25, -0.2) is 0 Å². The number of hydrogen-bond donors (Lipinski definition) is 0. The highest BCUT2D eigenvalue weighted by Gasteiger charge is 2.10. The van der Waals surface area contributed by atoms with Gasteiger partial charge in [0.15, 0.2) is 0 Å². The molecule has 2 rings (SSSR count). The van der Waals surface area contributed by atoms with E-state index in [2.05, 4.69) is 22.0 Å². The molecule has 5 heteroatoms. The molecule has 0 aliphatic carbocycles. The van der Waals surface area contributed by atoms with Crippen molar-refractivity contribution < 1.29 is 9.47 Å². The Morgan fingerprint density at radius 1 is 1.24 bits per heavy atom. The summed E-state index contributed by atoms with van der Waals surface area (Å²) < 4.78 is 12.0. The number of ether oxygens (including phenoxy) is 2. The van der Waals surface area contributed by atoms with E-state index in [-0.39, 0.29) is 0 Å². The van der Waals surface area contributed by atoms with E-state index in [1.165, 1.54) is 0 Å². The van der Waals surface area contributed by atoms with Gasteiger partial charge in [0.2, 0.25) is 0 Å². The van der Waals surface area contributed by atoms with Crippen molar-refractivity contribution in [2.75, 3.05) is 7.11 Å². The number of methoxy groups -OCH3 is 1. The monoisotopic (exact) mass is 365 g/mol. The normalized spacial score (nSPS) is 10.0. The SMILES string of the molecule is COc1ccc(C#N)cc1COc1c(Br)cccc1CCl. The van der Waals surface area contributed by atoms with Gasteiger partial charge in [0.1, 0.15) is 18.1 Å². The lowest BCUT2D eigenvalue weighted by Gasteiger charge is -2.14. The Bertz CT molecular complexity index is 682. The number of para-hydroxylation sites is 1. The predicted octanol–water partition coefficient (Wildman–Crippen LogP) is 4.65. The number of nitrogens with zero attached hydrogens (tertiary/aromatic N) is 1. The molecule has 0 saturated heterocycles. The summed E-state index contributed by atoms with van der Waals surface area (Å²) in [7, 11) is 1.59. The van der Waals surface area contributed by atoms with Crippen LogP contribution in [0, 0.1) is 11.3 Å². The van der Waals surface area contributed by atoms with Crippen LogP contribution < -0.4 is 9.47 Å². The quantitative estimate of drug-likeness (QED) is 0.724. The molecule has 0 atom stereocenters. The van der Waals surface area contributed by atoms with Crippen LogP contribution in [-0.4, -0.2) is 7.11 Å². The lowest BCUT2D eigenvalue weighted by Crippen LogP contribution is -2.01. The topological polar surface area (TPSA) is 42.2 Å². The molecule has 0 aliphatic rings. The van der Waals surface area contributed by atoms with E-state index >= 15 is 0 Å². The minimum atomic E-state index is 0.297. The van der Waals surface area contributed by atoms with Gasteiger partial charge in [-0.3, -0.25) is 0 Å². The Balaban J connectivity index is 2.26. The average molecular weight is 367 g/mol. The van der Waals surface area contributed by atoms with E-state index in [0.29, 0.717) is 29.5 Å². The molecule has 2 aromatic rings. The van der Waals surface area contributed by atoms with Gasteiger partial charge < -0.3 is 9.47 Å². The first-order valence-corrected chi connectivity index (χ1v) is 7.55. The zero-order valence-corrected chi connectivity index (χ0v) is 13.7. The van der Waals surface area contributed by atoms with Crippen LogP contribution >= 0.6 is 27.5 Å². The number of hydrogen-bond acceptors (Lipinski definition) is 3. The Morgan fingerprint density at radius 3 is 2.71 bits per heavy atom. The minimum absolute atomic E-state index is 0.297. The molecule has 0 amide bonds. The van der Waals surface area contributed by atoms with Crippen LogP contribution in [0.25, 0.3) is 0 Å². The zero-order valence-electron chi connectivity index (χ0n) is 11.4. The molecule has 0 heterocycles. The van der Waals surface area contributed by atoms with Crippen LogP contribution in [0.3, 0.4) is 0 Å². The van der Waals surface area contributed by atoms with Gasteiger partial charge in [0.05, 0.1) is 29.1 Å². The maximum absolute atomic E-state index is 8.98. The van der Waals surface area contributed by atoms with Crippen molar-refractivity contribution in [3.8, 4) is 17.6 Å². The van der Waals surface area contributed by atoms with Gasteiger partial charge >= 0.3 is 0 Å². The summed E-state index contributed by atoms with van der Waals surface area (Å²) in [6.07, 6.45) is 0. The van der Waals surface area contributed by atoms with Gasteiger partial charge in [0, 0.05) is 11.1 Å². The van der Waals surface area contributed by atoms with Gasteiger partial charge in [-0.15, -0.1) is 11.6 Å². The lowest BCUT2D eigenvalue weighted by atomic mass is 10.1. The fourth-order valence-electron chi connectivity index (χ4n) is 1.93. The summed E-state index contributed by atoms with van der Waals surface area (Å²) >= 11 is 9.38. The molecule has 0 aliphatic heterocycles. The van der Waals surface area contributed by atoms with E-state index in [1.807, 2.05) is 18.2 Å². The molecule has 108 valence electrons. The second-order valence-electron chi connectivity index (χ2n) is 4.29.